The topological polar surface area (TPSA) is 111 Å². The second-order valence-corrected chi connectivity index (χ2v) is 6.70. The lowest BCUT2D eigenvalue weighted by atomic mass is 10.2. The summed E-state index contributed by atoms with van der Waals surface area (Å²) in [6.07, 6.45) is 5.56. The van der Waals surface area contributed by atoms with Gasteiger partial charge < -0.3 is 20.1 Å². The van der Waals surface area contributed by atoms with Crippen molar-refractivity contribution in [3.8, 4) is 23.0 Å². The molecule has 0 fully saturated rings. The van der Waals surface area contributed by atoms with Crippen LogP contribution in [0.2, 0.25) is 0 Å². The predicted molar refractivity (Wildman–Crippen MR) is 127 cm³/mol. The summed E-state index contributed by atoms with van der Waals surface area (Å²) in [5.41, 5.74) is 1.12. The number of carbonyl (C=O) groups is 4. The molecule has 8 heteroatoms. The number of hydrogen-bond acceptors (Lipinski definition) is 6. The number of nitrogens with one attached hydrogen (secondary N) is 2. The van der Waals surface area contributed by atoms with Crippen molar-refractivity contribution < 1.29 is 28.7 Å². The number of rotatable bonds is 10. The van der Waals surface area contributed by atoms with Crippen molar-refractivity contribution in [3.05, 3.63) is 97.1 Å². The molecule has 0 spiro atoms. The van der Waals surface area contributed by atoms with Crippen LogP contribution in [-0.2, 0) is 19.2 Å². The molecule has 0 unspecified atom stereocenters. The fourth-order valence-electron chi connectivity index (χ4n) is 2.71. The Morgan fingerprint density at radius 3 is 1.38 bits per heavy atom. The Balaban J connectivity index is 1.58. The van der Waals surface area contributed by atoms with Gasteiger partial charge in [-0.1, -0.05) is 6.07 Å². The van der Waals surface area contributed by atoms with E-state index in [-0.39, 0.29) is 0 Å². The maximum absolute atomic E-state index is 11.6. The molecular formula is C26H20N2O6. The molecule has 0 aliphatic heterocycles. The first-order valence-corrected chi connectivity index (χ1v) is 10.1. The summed E-state index contributed by atoms with van der Waals surface area (Å²) in [4.78, 5) is 43.7. The molecule has 34 heavy (non-hydrogen) atoms. The fourth-order valence-corrected chi connectivity index (χ4v) is 2.71. The molecule has 0 aromatic heterocycles. The third kappa shape index (κ3) is 7.61. The minimum absolute atomic E-state index is 0.407. The average Bonchev–Trinajstić information content (AvgIpc) is 2.84. The third-order valence-electron chi connectivity index (χ3n) is 4.17. The Morgan fingerprint density at radius 1 is 0.588 bits per heavy atom. The van der Waals surface area contributed by atoms with Crippen LogP contribution in [0.15, 0.2) is 97.1 Å². The number of anilines is 2. The Kier molecular flexibility index (Phi) is 8.47. The highest BCUT2D eigenvalue weighted by molar-refractivity contribution is 6.01. The summed E-state index contributed by atoms with van der Waals surface area (Å²) in [5, 5.41) is 5.25. The SMILES string of the molecule is O=CC=CC(=O)Nc1ccc(Oc2cccc(Oc3ccc(NC(=O)C=CC=O)cc3)c2)cc1. The van der Waals surface area contributed by atoms with E-state index in [9.17, 15) is 19.2 Å². The summed E-state index contributed by atoms with van der Waals surface area (Å²) in [6, 6.07) is 20.6. The van der Waals surface area contributed by atoms with Crippen LogP contribution in [-0.4, -0.2) is 24.4 Å². The van der Waals surface area contributed by atoms with E-state index in [0.29, 0.717) is 46.9 Å². The summed E-state index contributed by atoms with van der Waals surface area (Å²) in [7, 11) is 0. The minimum atomic E-state index is -0.407. The molecule has 2 amide bonds. The number of hydrogen-bond donors (Lipinski definition) is 2. The van der Waals surface area contributed by atoms with E-state index in [1.807, 2.05) is 0 Å². The van der Waals surface area contributed by atoms with Gasteiger partial charge in [0.2, 0.25) is 11.8 Å². The predicted octanol–water partition coefficient (Wildman–Crippen LogP) is 4.66. The van der Waals surface area contributed by atoms with Gasteiger partial charge >= 0.3 is 0 Å². The number of carbonyl (C=O) groups excluding carboxylic acids is 4. The summed E-state index contributed by atoms with van der Waals surface area (Å²) >= 11 is 0. The molecule has 0 saturated carbocycles. The smallest absolute Gasteiger partial charge is 0.248 e. The molecule has 170 valence electrons. The van der Waals surface area contributed by atoms with E-state index in [1.54, 1.807) is 72.8 Å². The molecule has 3 aromatic carbocycles. The first-order valence-electron chi connectivity index (χ1n) is 10.1. The molecule has 2 N–H and O–H groups in total. The molecule has 0 aliphatic carbocycles. The van der Waals surface area contributed by atoms with Crippen molar-refractivity contribution >= 4 is 35.8 Å². The van der Waals surface area contributed by atoms with Gasteiger partial charge in [0.05, 0.1) is 0 Å². The first-order chi connectivity index (χ1) is 16.6. The van der Waals surface area contributed by atoms with Gasteiger partial charge in [-0.2, -0.15) is 0 Å². The lowest BCUT2D eigenvalue weighted by molar-refractivity contribution is -0.112. The zero-order valence-electron chi connectivity index (χ0n) is 17.8. The van der Waals surface area contributed by atoms with Crippen molar-refractivity contribution in [2.24, 2.45) is 0 Å². The molecule has 3 rings (SSSR count). The van der Waals surface area contributed by atoms with Crippen LogP contribution in [0.3, 0.4) is 0 Å². The molecule has 3 aromatic rings. The molecule has 0 atom stereocenters. The van der Waals surface area contributed by atoms with Gasteiger partial charge in [0.25, 0.3) is 0 Å². The van der Waals surface area contributed by atoms with Crippen molar-refractivity contribution in [2.75, 3.05) is 10.6 Å². The van der Waals surface area contributed by atoms with Crippen molar-refractivity contribution in [1.82, 2.24) is 0 Å². The largest absolute Gasteiger partial charge is 0.457 e. The molecular weight excluding hydrogens is 436 g/mol. The Hall–Kier alpha value is -4.98. The van der Waals surface area contributed by atoms with Crippen LogP contribution in [0.25, 0.3) is 0 Å². The number of allylic oxidation sites excluding steroid dienone is 2. The normalized spacial score (nSPS) is 10.6. The van der Waals surface area contributed by atoms with Gasteiger partial charge in [0, 0.05) is 29.6 Å². The maximum atomic E-state index is 11.6. The molecule has 0 heterocycles. The standard InChI is InChI=1S/C26H20N2O6/c29-16-2-6-25(31)27-19-8-12-21(13-9-19)33-23-4-1-5-24(18-23)34-22-14-10-20(11-15-22)28-26(32)7-3-17-30/h1-18H,(H,27,31)(H,28,32). The highest BCUT2D eigenvalue weighted by atomic mass is 16.5. The fraction of sp³-hybridized carbons (Fsp3) is 0. The van der Waals surface area contributed by atoms with E-state index >= 15 is 0 Å². The van der Waals surface area contributed by atoms with Crippen LogP contribution >= 0.6 is 0 Å². The van der Waals surface area contributed by atoms with Gasteiger partial charge in [0.1, 0.15) is 35.6 Å². The van der Waals surface area contributed by atoms with Gasteiger partial charge in [-0.15, -0.1) is 0 Å². The molecule has 8 nitrogen and oxygen atoms in total. The van der Waals surface area contributed by atoms with Crippen molar-refractivity contribution in [3.63, 3.8) is 0 Å². The minimum Gasteiger partial charge on any atom is -0.457 e. The highest BCUT2D eigenvalue weighted by Crippen LogP contribution is 2.29. The van der Waals surface area contributed by atoms with Gasteiger partial charge in [-0.25, -0.2) is 0 Å². The van der Waals surface area contributed by atoms with E-state index in [0.717, 1.165) is 24.3 Å². The molecule has 0 aliphatic rings. The van der Waals surface area contributed by atoms with Gasteiger partial charge in [-0.05, 0) is 72.8 Å². The van der Waals surface area contributed by atoms with E-state index in [4.69, 9.17) is 9.47 Å². The second-order valence-electron chi connectivity index (χ2n) is 6.70. The highest BCUT2D eigenvalue weighted by Gasteiger charge is 2.04. The van der Waals surface area contributed by atoms with Crippen molar-refractivity contribution in [2.45, 2.75) is 0 Å². The van der Waals surface area contributed by atoms with Crippen LogP contribution < -0.4 is 20.1 Å². The number of ether oxygens (including phenoxy) is 2. The lowest BCUT2D eigenvalue weighted by Gasteiger charge is -2.10. The lowest BCUT2D eigenvalue weighted by Crippen LogP contribution is -2.07. The molecule has 0 bridgehead atoms. The molecule has 0 radical (unpaired) electrons. The Labute approximate surface area is 195 Å². The summed E-state index contributed by atoms with van der Waals surface area (Å²) in [6.45, 7) is 0. The van der Waals surface area contributed by atoms with E-state index < -0.39 is 11.8 Å². The van der Waals surface area contributed by atoms with Gasteiger partial charge in [-0.3, -0.25) is 19.2 Å². The summed E-state index contributed by atoms with van der Waals surface area (Å²) < 4.78 is 11.7. The zero-order chi connectivity index (χ0) is 24.2. The number of benzene rings is 3. The number of amides is 2. The Bertz CT molecular complexity index is 1120. The van der Waals surface area contributed by atoms with Gasteiger partial charge in [0.15, 0.2) is 0 Å². The first kappa shape index (κ1) is 23.7. The van der Waals surface area contributed by atoms with Crippen molar-refractivity contribution in [1.29, 1.82) is 0 Å². The van der Waals surface area contributed by atoms with Crippen LogP contribution in [0.1, 0.15) is 0 Å². The van der Waals surface area contributed by atoms with Crippen LogP contribution in [0.5, 0.6) is 23.0 Å². The summed E-state index contributed by atoms with van der Waals surface area (Å²) in [5.74, 6) is 1.40. The maximum Gasteiger partial charge on any atom is 0.248 e. The zero-order valence-corrected chi connectivity index (χ0v) is 17.8. The van der Waals surface area contributed by atoms with E-state index in [1.165, 1.54) is 0 Å². The second kappa shape index (κ2) is 12.2. The van der Waals surface area contributed by atoms with Crippen LogP contribution in [0.4, 0.5) is 11.4 Å². The Morgan fingerprint density at radius 2 is 1.00 bits per heavy atom. The van der Waals surface area contributed by atoms with Crippen LogP contribution in [0, 0.1) is 0 Å². The quantitative estimate of drug-likeness (QED) is 0.339. The number of aldehydes is 2. The monoisotopic (exact) mass is 456 g/mol. The third-order valence-corrected chi connectivity index (χ3v) is 4.17. The molecule has 0 saturated heterocycles. The average molecular weight is 456 g/mol. The van der Waals surface area contributed by atoms with E-state index in [2.05, 4.69) is 10.6 Å².